The summed E-state index contributed by atoms with van der Waals surface area (Å²) < 4.78 is 0. The van der Waals surface area contributed by atoms with Crippen LogP contribution in [0.15, 0.2) is 0 Å². The van der Waals surface area contributed by atoms with Crippen LogP contribution in [-0.4, -0.2) is 92.7 Å². The molecule has 5 heteroatoms. The first-order chi connectivity index (χ1) is 4.20. The van der Waals surface area contributed by atoms with E-state index in [9.17, 15) is 4.79 Å². The molecule has 0 heterocycles. The molecule has 0 aromatic rings. The number of aliphatic hydroxyl groups excluding tert-OH is 2. The molecule has 10 heavy (non-hydrogen) atoms. The Bertz CT molecular complexity index is 91.6. The van der Waals surface area contributed by atoms with Crippen molar-refractivity contribution >= 4 is 64.2 Å². The van der Waals surface area contributed by atoms with Gasteiger partial charge in [0.15, 0.2) is 0 Å². The zero-order chi connectivity index (χ0) is 7.28. The first kappa shape index (κ1) is 13.8. The van der Waals surface area contributed by atoms with Crippen LogP contribution in [0.25, 0.3) is 0 Å². The van der Waals surface area contributed by atoms with Gasteiger partial charge in [0.05, 0.1) is 6.42 Å². The third-order valence-corrected chi connectivity index (χ3v) is 0.980. The second-order valence-corrected chi connectivity index (χ2v) is 1.83. The van der Waals surface area contributed by atoms with Crippen LogP contribution in [0.5, 0.6) is 0 Å². The van der Waals surface area contributed by atoms with E-state index in [-0.39, 0.29) is 77.8 Å². The molecule has 0 radical (unpaired) electrons. The first-order valence-corrected chi connectivity index (χ1v) is 2.64. The molecule has 0 atom stereocenters. The van der Waals surface area contributed by atoms with Gasteiger partial charge in [0.1, 0.15) is 0 Å². The van der Waals surface area contributed by atoms with E-state index in [2.05, 4.69) is 0 Å². The number of hydrogen-bond donors (Lipinski definition) is 3. The Hall–Kier alpha value is 1.20. The fourth-order valence-electron chi connectivity index (χ4n) is 0.434. The molecular formula is C5H11O4Rb. The van der Waals surface area contributed by atoms with Gasteiger partial charge in [-0.05, 0) is 0 Å². The topological polar surface area (TPSA) is 77.8 Å². The van der Waals surface area contributed by atoms with Crippen molar-refractivity contribution in [2.45, 2.75) is 6.42 Å². The Morgan fingerprint density at radius 2 is 1.70 bits per heavy atom. The van der Waals surface area contributed by atoms with Gasteiger partial charge in [-0.1, -0.05) is 0 Å². The standard InChI is InChI=1S/C5H10O4.Rb.H/c6-2-4(3-7)1-5(8)9;;/h4,6-7H,1-3H2,(H,8,9);;. The molecule has 0 spiro atoms. The van der Waals surface area contributed by atoms with Crippen molar-refractivity contribution in [3.8, 4) is 0 Å². The Kier molecular flexibility index (Phi) is 11.4. The predicted octanol–water partition coefficient (Wildman–Crippen LogP) is -1.59. The molecule has 0 aliphatic heterocycles. The zero-order valence-electron chi connectivity index (χ0n) is 4.95. The molecule has 0 aromatic heterocycles. The molecule has 0 saturated carbocycles. The molecule has 0 fully saturated rings. The SMILES string of the molecule is O=C(O)CC(CO)CO.[RbH]. The number of aliphatic carboxylic acids is 1. The van der Waals surface area contributed by atoms with E-state index >= 15 is 0 Å². The monoisotopic (exact) mass is 220 g/mol. The van der Waals surface area contributed by atoms with Crippen molar-refractivity contribution in [3.05, 3.63) is 0 Å². The van der Waals surface area contributed by atoms with Crippen LogP contribution in [0.1, 0.15) is 6.42 Å². The molecular weight excluding hydrogens is 210 g/mol. The van der Waals surface area contributed by atoms with Gasteiger partial charge in [-0.3, -0.25) is 4.79 Å². The van der Waals surface area contributed by atoms with Crippen LogP contribution >= 0.6 is 0 Å². The summed E-state index contributed by atoms with van der Waals surface area (Å²) in [7, 11) is 0. The van der Waals surface area contributed by atoms with Gasteiger partial charge in [-0.15, -0.1) is 0 Å². The number of rotatable bonds is 4. The average molecular weight is 221 g/mol. The van der Waals surface area contributed by atoms with Crippen LogP contribution in [0.2, 0.25) is 0 Å². The number of carbonyl (C=O) groups is 1. The van der Waals surface area contributed by atoms with Gasteiger partial charge >= 0.3 is 64.2 Å². The Morgan fingerprint density at radius 1 is 1.30 bits per heavy atom. The van der Waals surface area contributed by atoms with Crippen molar-refractivity contribution in [1.82, 2.24) is 0 Å². The summed E-state index contributed by atoms with van der Waals surface area (Å²) in [5.41, 5.74) is 0. The summed E-state index contributed by atoms with van der Waals surface area (Å²) in [6.45, 7) is -0.550. The minimum absolute atomic E-state index is 0. The van der Waals surface area contributed by atoms with Crippen LogP contribution in [0.3, 0.4) is 0 Å². The Morgan fingerprint density at radius 3 is 1.80 bits per heavy atom. The van der Waals surface area contributed by atoms with Gasteiger partial charge in [0, 0.05) is 19.1 Å². The fourth-order valence-corrected chi connectivity index (χ4v) is 0.434. The molecule has 0 aliphatic carbocycles. The van der Waals surface area contributed by atoms with Gasteiger partial charge in [-0.25, -0.2) is 0 Å². The van der Waals surface area contributed by atoms with E-state index in [1.807, 2.05) is 0 Å². The number of carboxylic acid groups (broad SMARTS) is 1. The quantitative estimate of drug-likeness (QED) is 0.534. The van der Waals surface area contributed by atoms with Crippen molar-refractivity contribution in [1.29, 1.82) is 0 Å². The number of carboxylic acids is 1. The van der Waals surface area contributed by atoms with Crippen molar-refractivity contribution < 1.29 is 20.1 Å². The summed E-state index contributed by atoms with van der Waals surface area (Å²) in [6, 6.07) is 0. The van der Waals surface area contributed by atoms with E-state index < -0.39 is 11.9 Å². The number of aliphatic hydroxyl groups is 2. The fraction of sp³-hybridized carbons (Fsp3) is 0.800. The van der Waals surface area contributed by atoms with Gasteiger partial charge in [-0.2, -0.15) is 0 Å². The molecule has 0 aliphatic rings. The van der Waals surface area contributed by atoms with E-state index in [0.29, 0.717) is 0 Å². The molecule has 0 amide bonds. The maximum atomic E-state index is 9.91. The third kappa shape index (κ3) is 7.30. The first-order valence-electron chi connectivity index (χ1n) is 2.64. The Balaban J connectivity index is 0. The van der Waals surface area contributed by atoms with Crippen LogP contribution in [0.4, 0.5) is 0 Å². The maximum absolute atomic E-state index is 9.91. The van der Waals surface area contributed by atoms with E-state index in [1.165, 1.54) is 0 Å². The van der Waals surface area contributed by atoms with Crippen molar-refractivity contribution in [3.63, 3.8) is 0 Å². The molecule has 56 valence electrons. The van der Waals surface area contributed by atoms with E-state index in [0.717, 1.165) is 0 Å². The second-order valence-electron chi connectivity index (χ2n) is 1.83. The van der Waals surface area contributed by atoms with Gasteiger partial charge < -0.3 is 15.3 Å². The summed E-state index contributed by atoms with van der Waals surface area (Å²) in [5, 5.41) is 24.8. The van der Waals surface area contributed by atoms with Gasteiger partial charge in [0.2, 0.25) is 0 Å². The second kappa shape index (κ2) is 8.29. The third-order valence-electron chi connectivity index (χ3n) is 0.980. The summed E-state index contributed by atoms with van der Waals surface area (Å²) >= 11 is 0. The normalized spacial score (nSPS) is 9.10. The zero-order valence-corrected chi connectivity index (χ0v) is 4.95. The van der Waals surface area contributed by atoms with Crippen molar-refractivity contribution in [2.24, 2.45) is 5.92 Å². The molecule has 0 bridgehead atoms. The van der Waals surface area contributed by atoms with Crippen molar-refractivity contribution in [2.75, 3.05) is 13.2 Å². The molecule has 0 aromatic carbocycles. The number of hydrogen-bond acceptors (Lipinski definition) is 3. The average Bonchev–Trinajstić information content (AvgIpc) is 1.82. The Labute approximate surface area is 108 Å². The molecule has 3 N–H and O–H groups in total. The van der Waals surface area contributed by atoms with Gasteiger partial charge in [0.25, 0.3) is 0 Å². The molecule has 4 nitrogen and oxygen atoms in total. The summed E-state index contributed by atoms with van der Waals surface area (Å²) in [5.74, 6) is -1.51. The van der Waals surface area contributed by atoms with E-state index in [4.69, 9.17) is 15.3 Å². The summed E-state index contributed by atoms with van der Waals surface area (Å²) in [4.78, 5) is 9.91. The van der Waals surface area contributed by atoms with Crippen LogP contribution in [-0.2, 0) is 4.79 Å². The van der Waals surface area contributed by atoms with Crippen LogP contribution < -0.4 is 0 Å². The molecule has 0 unspecified atom stereocenters. The molecule has 0 saturated heterocycles. The van der Waals surface area contributed by atoms with E-state index in [1.54, 1.807) is 0 Å². The predicted molar refractivity (Wildman–Crippen MR) is 37.1 cm³/mol. The van der Waals surface area contributed by atoms with Crippen LogP contribution in [0, 0.1) is 5.92 Å². The minimum atomic E-state index is -0.997. The molecule has 0 rings (SSSR count). The summed E-state index contributed by atoms with van der Waals surface area (Å²) in [6.07, 6.45) is -0.174.